The van der Waals surface area contributed by atoms with Gasteiger partial charge >= 0.3 is 5.97 Å². The highest BCUT2D eigenvalue weighted by Crippen LogP contribution is 2.19. The van der Waals surface area contributed by atoms with Crippen LogP contribution >= 0.6 is 15.9 Å². The quantitative estimate of drug-likeness (QED) is 0.858. The van der Waals surface area contributed by atoms with Gasteiger partial charge in [0.2, 0.25) is 0 Å². The van der Waals surface area contributed by atoms with Crippen molar-refractivity contribution >= 4 is 27.7 Å². The molecule has 1 aliphatic rings. The van der Waals surface area contributed by atoms with Gasteiger partial charge in [-0.05, 0) is 33.6 Å². The van der Waals surface area contributed by atoms with Gasteiger partial charge in [-0.3, -0.25) is 4.90 Å². The van der Waals surface area contributed by atoms with E-state index in [1.807, 2.05) is 6.07 Å². The molecular weight excluding hydrogens is 379 g/mol. The lowest BCUT2D eigenvalue weighted by atomic mass is 10.2. The Hall–Kier alpha value is -2.06. The first kappa shape index (κ1) is 16.8. The second-order valence-corrected chi connectivity index (χ2v) is 6.43. The van der Waals surface area contributed by atoms with Crippen molar-refractivity contribution in [1.82, 2.24) is 14.9 Å². The van der Waals surface area contributed by atoms with Crippen molar-refractivity contribution in [2.24, 2.45) is 0 Å². The molecule has 0 atom stereocenters. The zero-order chi connectivity index (χ0) is 17.1. The molecule has 0 aliphatic carbocycles. The van der Waals surface area contributed by atoms with Crippen LogP contribution in [0.3, 0.4) is 0 Å². The van der Waals surface area contributed by atoms with Crippen LogP contribution in [0.5, 0.6) is 0 Å². The summed E-state index contributed by atoms with van der Waals surface area (Å²) in [5, 5.41) is 8.85. The molecule has 6 nitrogen and oxygen atoms in total. The van der Waals surface area contributed by atoms with E-state index >= 15 is 0 Å². The van der Waals surface area contributed by atoms with Crippen molar-refractivity contribution in [3.63, 3.8) is 0 Å². The van der Waals surface area contributed by atoms with E-state index in [1.165, 1.54) is 12.4 Å². The fourth-order valence-corrected chi connectivity index (χ4v) is 2.87. The number of benzene rings is 1. The number of carboxylic acids is 1. The summed E-state index contributed by atoms with van der Waals surface area (Å²) in [5.74, 6) is -0.658. The van der Waals surface area contributed by atoms with Gasteiger partial charge in [0.05, 0.1) is 16.9 Å². The second-order valence-electron chi connectivity index (χ2n) is 5.58. The van der Waals surface area contributed by atoms with Gasteiger partial charge < -0.3 is 10.0 Å². The zero-order valence-electron chi connectivity index (χ0n) is 12.8. The van der Waals surface area contributed by atoms with Crippen molar-refractivity contribution in [3.8, 4) is 0 Å². The molecule has 1 saturated heterocycles. The first-order chi connectivity index (χ1) is 11.5. The predicted octanol–water partition coefficient (Wildman–Crippen LogP) is 2.40. The number of aromatic nitrogens is 2. The number of anilines is 1. The lowest BCUT2D eigenvalue weighted by Gasteiger charge is -2.35. The Morgan fingerprint density at radius 1 is 1.21 bits per heavy atom. The number of piperazine rings is 1. The first-order valence-corrected chi connectivity index (χ1v) is 8.29. The third kappa shape index (κ3) is 3.88. The van der Waals surface area contributed by atoms with Crippen molar-refractivity contribution in [2.45, 2.75) is 6.54 Å². The molecule has 0 amide bonds. The number of rotatable bonds is 4. The first-order valence-electron chi connectivity index (χ1n) is 7.49. The zero-order valence-corrected chi connectivity index (χ0v) is 14.4. The summed E-state index contributed by atoms with van der Waals surface area (Å²) in [4.78, 5) is 23.2. The molecule has 126 valence electrons. The Morgan fingerprint density at radius 3 is 2.54 bits per heavy atom. The lowest BCUT2D eigenvalue weighted by Crippen LogP contribution is -2.46. The Morgan fingerprint density at radius 2 is 1.96 bits per heavy atom. The van der Waals surface area contributed by atoms with Crippen molar-refractivity contribution < 1.29 is 14.3 Å². The van der Waals surface area contributed by atoms with Crippen LogP contribution < -0.4 is 4.90 Å². The SMILES string of the molecule is O=C(O)c1cnc(N2CCN(Cc3ccc(Br)c(F)c3)CC2)cn1. The molecule has 1 fully saturated rings. The molecule has 0 saturated carbocycles. The highest BCUT2D eigenvalue weighted by Gasteiger charge is 2.19. The summed E-state index contributed by atoms with van der Waals surface area (Å²) in [7, 11) is 0. The van der Waals surface area contributed by atoms with E-state index in [0.29, 0.717) is 16.8 Å². The molecular formula is C16H16BrFN4O2. The molecule has 1 aromatic heterocycles. The van der Waals surface area contributed by atoms with Crippen LogP contribution in [0.4, 0.5) is 10.2 Å². The highest BCUT2D eigenvalue weighted by molar-refractivity contribution is 9.10. The third-order valence-electron chi connectivity index (χ3n) is 3.94. The number of hydrogen-bond acceptors (Lipinski definition) is 5. The lowest BCUT2D eigenvalue weighted by molar-refractivity contribution is 0.0690. The number of carboxylic acid groups (broad SMARTS) is 1. The van der Waals surface area contributed by atoms with Crippen molar-refractivity contribution in [3.05, 3.63) is 52.1 Å². The van der Waals surface area contributed by atoms with E-state index in [9.17, 15) is 9.18 Å². The summed E-state index contributed by atoms with van der Waals surface area (Å²) in [5.41, 5.74) is 0.879. The van der Waals surface area contributed by atoms with Gasteiger partial charge in [0.15, 0.2) is 5.69 Å². The number of halogens is 2. The largest absolute Gasteiger partial charge is 0.476 e. The van der Waals surface area contributed by atoms with Gasteiger partial charge in [-0.2, -0.15) is 0 Å². The second kappa shape index (κ2) is 7.23. The predicted molar refractivity (Wildman–Crippen MR) is 90.6 cm³/mol. The minimum Gasteiger partial charge on any atom is -0.476 e. The normalized spacial score (nSPS) is 15.5. The average Bonchev–Trinajstić information content (AvgIpc) is 2.59. The Balaban J connectivity index is 1.57. The molecule has 0 radical (unpaired) electrons. The Labute approximate surface area is 147 Å². The van der Waals surface area contributed by atoms with E-state index in [4.69, 9.17) is 5.11 Å². The van der Waals surface area contributed by atoms with E-state index in [0.717, 1.165) is 31.7 Å². The van der Waals surface area contributed by atoms with Gasteiger partial charge in [0.25, 0.3) is 0 Å². The van der Waals surface area contributed by atoms with Crippen molar-refractivity contribution in [1.29, 1.82) is 0 Å². The molecule has 0 bridgehead atoms. The maximum atomic E-state index is 13.6. The minimum absolute atomic E-state index is 0.0605. The fourth-order valence-electron chi connectivity index (χ4n) is 2.63. The standard InChI is InChI=1S/C16H16BrFN4O2/c17-12-2-1-11(7-13(12)18)10-21-3-5-22(6-4-21)15-9-19-14(8-20-15)16(23)24/h1-2,7-9H,3-6,10H2,(H,23,24). The van der Waals surface area contributed by atoms with Gasteiger partial charge in [-0.25, -0.2) is 19.2 Å². The summed E-state index contributed by atoms with van der Waals surface area (Å²) in [6, 6.07) is 5.18. The summed E-state index contributed by atoms with van der Waals surface area (Å²) in [6.07, 6.45) is 2.76. The van der Waals surface area contributed by atoms with Crippen LogP contribution in [0.25, 0.3) is 0 Å². The molecule has 1 aromatic carbocycles. The van der Waals surface area contributed by atoms with Gasteiger partial charge in [-0.1, -0.05) is 6.07 Å². The van der Waals surface area contributed by atoms with Gasteiger partial charge in [-0.15, -0.1) is 0 Å². The number of nitrogens with zero attached hydrogens (tertiary/aromatic N) is 4. The molecule has 0 spiro atoms. The minimum atomic E-state index is -1.08. The fraction of sp³-hybridized carbons (Fsp3) is 0.312. The van der Waals surface area contributed by atoms with E-state index in [-0.39, 0.29) is 11.5 Å². The average molecular weight is 395 g/mol. The number of hydrogen-bond donors (Lipinski definition) is 1. The molecule has 0 unspecified atom stereocenters. The van der Waals surface area contributed by atoms with Gasteiger partial charge in [0.1, 0.15) is 11.6 Å². The number of aromatic carboxylic acids is 1. The molecule has 2 heterocycles. The molecule has 1 aliphatic heterocycles. The number of carbonyl (C=O) groups is 1. The third-order valence-corrected chi connectivity index (χ3v) is 4.59. The topological polar surface area (TPSA) is 69.6 Å². The Kier molecular flexibility index (Phi) is 5.06. The van der Waals surface area contributed by atoms with Crippen LogP contribution in [-0.2, 0) is 6.54 Å². The van der Waals surface area contributed by atoms with Crippen LogP contribution in [0, 0.1) is 5.82 Å². The molecule has 2 aromatic rings. The van der Waals surface area contributed by atoms with Crippen molar-refractivity contribution in [2.75, 3.05) is 31.1 Å². The van der Waals surface area contributed by atoms with Crippen LogP contribution in [0.15, 0.2) is 35.1 Å². The van der Waals surface area contributed by atoms with Gasteiger partial charge in [0, 0.05) is 32.7 Å². The molecule has 24 heavy (non-hydrogen) atoms. The smallest absolute Gasteiger partial charge is 0.356 e. The Bertz CT molecular complexity index is 733. The van der Waals surface area contributed by atoms with Crippen LogP contribution in [0.2, 0.25) is 0 Å². The summed E-state index contributed by atoms with van der Waals surface area (Å²) >= 11 is 3.16. The maximum absolute atomic E-state index is 13.6. The monoisotopic (exact) mass is 394 g/mol. The summed E-state index contributed by atoms with van der Waals surface area (Å²) < 4.78 is 14.0. The molecule has 1 N–H and O–H groups in total. The maximum Gasteiger partial charge on any atom is 0.356 e. The highest BCUT2D eigenvalue weighted by atomic mass is 79.9. The molecule has 3 rings (SSSR count). The molecule has 8 heteroatoms. The van der Waals surface area contributed by atoms with Crippen LogP contribution in [0.1, 0.15) is 16.1 Å². The van der Waals surface area contributed by atoms with Crippen LogP contribution in [-0.4, -0.2) is 52.1 Å². The summed E-state index contributed by atoms with van der Waals surface area (Å²) in [6.45, 7) is 3.86. The van der Waals surface area contributed by atoms with E-state index < -0.39 is 5.97 Å². The van der Waals surface area contributed by atoms with E-state index in [2.05, 4.69) is 35.7 Å². The van der Waals surface area contributed by atoms with E-state index in [1.54, 1.807) is 12.1 Å².